The molecule has 1 aliphatic carbocycles. The molecule has 15 heavy (non-hydrogen) atoms. The average molecular weight is 233 g/mol. The van der Waals surface area contributed by atoms with Gasteiger partial charge in [0.05, 0.1) is 11.9 Å². The maximum absolute atomic E-state index is 12.6. The summed E-state index contributed by atoms with van der Waals surface area (Å²) in [4.78, 5) is 3.90. The number of anilines is 1. The van der Waals surface area contributed by atoms with Crippen molar-refractivity contribution >= 4 is 17.3 Å². The third-order valence-electron chi connectivity index (χ3n) is 2.53. The Kier molecular flexibility index (Phi) is 2.54. The minimum Gasteiger partial charge on any atom is -0.380 e. The van der Waals surface area contributed by atoms with E-state index in [2.05, 4.69) is 10.3 Å². The van der Waals surface area contributed by atoms with Crippen molar-refractivity contribution in [3.05, 3.63) is 23.0 Å². The number of nitrogens with one attached hydrogen (secondary N) is 1. The molecule has 5 heteroatoms. The molecule has 0 unspecified atom stereocenters. The van der Waals surface area contributed by atoms with Gasteiger partial charge in [-0.3, -0.25) is 0 Å². The van der Waals surface area contributed by atoms with Crippen LogP contribution in [-0.2, 0) is 0 Å². The number of hydrogen-bond acceptors (Lipinski definition) is 2. The van der Waals surface area contributed by atoms with Gasteiger partial charge in [0.2, 0.25) is 0 Å². The topological polar surface area (TPSA) is 24.9 Å². The lowest BCUT2D eigenvalue weighted by molar-refractivity contribution is -0.0793. The molecule has 2 rings (SSSR count). The molecule has 82 valence electrons. The lowest BCUT2D eigenvalue weighted by atomic mass is 9.88. The Morgan fingerprint density at radius 2 is 2.20 bits per heavy atom. The number of halogens is 3. The van der Waals surface area contributed by atoms with Crippen molar-refractivity contribution < 1.29 is 8.78 Å². The fourth-order valence-electron chi connectivity index (χ4n) is 1.66. The van der Waals surface area contributed by atoms with Gasteiger partial charge in [-0.25, -0.2) is 13.8 Å². The molecule has 0 saturated heterocycles. The fraction of sp³-hybridized carbons (Fsp3) is 0.500. The first-order valence-corrected chi connectivity index (χ1v) is 5.11. The van der Waals surface area contributed by atoms with E-state index in [-0.39, 0.29) is 18.9 Å². The first kappa shape index (κ1) is 10.6. The zero-order valence-corrected chi connectivity index (χ0v) is 8.98. The highest BCUT2D eigenvalue weighted by atomic mass is 35.5. The fourth-order valence-corrected chi connectivity index (χ4v) is 1.87. The zero-order chi connectivity index (χ0) is 11.1. The Hall–Kier alpha value is -0.900. The number of rotatable bonds is 2. The van der Waals surface area contributed by atoms with Crippen LogP contribution in [0.1, 0.15) is 18.4 Å². The predicted molar refractivity (Wildman–Crippen MR) is 55.6 cm³/mol. The van der Waals surface area contributed by atoms with Crippen LogP contribution in [-0.4, -0.2) is 16.9 Å². The molecule has 0 bridgehead atoms. The molecule has 0 amide bonds. The molecule has 0 atom stereocenters. The first-order chi connectivity index (χ1) is 6.96. The second kappa shape index (κ2) is 3.59. The Morgan fingerprint density at radius 1 is 1.53 bits per heavy atom. The molecule has 0 spiro atoms. The lowest BCUT2D eigenvalue weighted by Crippen LogP contribution is -2.44. The van der Waals surface area contributed by atoms with Crippen LogP contribution in [0.4, 0.5) is 14.5 Å². The molecule has 1 saturated carbocycles. The largest absolute Gasteiger partial charge is 0.380 e. The normalized spacial score (nSPS) is 19.7. The highest BCUT2D eigenvalue weighted by Gasteiger charge is 2.45. The van der Waals surface area contributed by atoms with Crippen molar-refractivity contribution in [2.45, 2.75) is 31.7 Å². The standard InChI is InChI=1S/C10H11ClF2N2/c1-6-2-9(11)14-5-8(6)15-7-3-10(12,13)4-7/h2,5,7,15H,3-4H2,1H3. The zero-order valence-electron chi connectivity index (χ0n) is 8.23. The number of aryl methyl sites for hydroxylation is 1. The molecule has 0 radical (unpaired) electrons. The average Bonchev–Trinajstić information content (AvgIpc) is 2.06. The minimum absolute atomic E-state index is 0.102. The van der Waals surface area contributed by atoms with Crippen LogP contribution in [0.2, 0.25) is 5.15 Å². The van der Waals surface area contributed by atoms with Gasteiger partial charge in [-0.2, -0.15) is 0 Å². The Labute approximate surface area is 91.7 Å². The smallest absolute Gasteiger partial charge is 0.252 e. The summed E-state index contributed by atoms with van der Waals surface area (Å²) >= 11 is 5.69. The van der Waals surface area contributed by atoms with Crippen molar-refractivity contribution in [3.8, 4) is 0 Å². The van der Waals surface area contributed by atoms with Crippen molar-refractivity contribution in [1.82, 2.24) is 4.98 Å². The highest BCUT2D eigenvalue weighted by molar-refractivity contribution is 6.29. The van der Waals surface area contributed by atoms with E-state index in [0.717, 1.165) is 11.3 Å². The van der Waals surface area contributed by atoms with E-state index < -0.39 is 5.92 Å². The van der Waals surface area contributed by atoms with Crippen LogP contribution in [0.15, 0.2) is 12.3 Å². The van der Waals surface area contributed by atoms with Crippen LogP contribution in [0, 0.1) is 6.92 Å². The van der Waals surface area contributed by atoms with Crippen molar-refractivity contribution in [3.63, 3.8) is 0 Å². The van der Waals surface area contributed by atoms with E-state index in [1.54, 1.807) is 12.3 Å². The van der Waals surface area contributed by atoms with E-state index in [1.807, 2.05) is 6.92 Å². The molecule has 1 aliphatic rings. The number of nitrogens with zero attached hydrogens (tertiary/aromatic N) is 1. The van der Waals surface area contributed by atoms with Gasteiger partial charge in [0.25, 0.3) is 5.92 Å². The number of aromatic nitrogens is 1. The SMILES string of the molecule is Cc1cc(Cl)ncc1NC1CC(F)(F)C1. The minimum atomic E-state index is -2.49. The molecule has 0 aliphatic heterocycles. The van der Waals surface area contributed by atoms with E-state index in [9.17, 15) is 8.78 Å². The summed E-state index contributed by atoms with van der Waals surface area (Å²) in [6, 6.07) is 1.56. The molecule has 2 nitrogen and oxygen atoms in total. The van der Waals surface area contributed by atoms with E-state index in [1.165, 1.54) is 0 Å². The van der Waals surface area contributed by atoms with Crippen LogP contribution in [0.25, 0.3) is 0 Å². The highest BCUT2D eigenvalue weighted by Crippen LogP contribution is 2.39. The molecule has 1 N–H and O–H groups in total. The Balaban J connectivity index is 2.00. The molecule has 1 fully saturated rings. The van der Waals surface area contributed by atoms with Gasteiger partial charge in [-0.05, 0) is 18.6 Å². The second-order valence-corrected chi connectivity index (χ2v) is 4.31. The van der Waals surface area contributed by atoms with Crippen LogP contribution in [0.3, 0.4) is 0 Å². The van der Waals surface area contributed by atoms with Gasteiger partial charge in [-0.1, -0.05) is 11.6 Å². The quantitative estimate of drug-likeness (QED) is 0.792. The van der Waals surface area contributed by atoms with E-state index >= 15 is 0 Å². The predicted octanol–water partition coefficient (Wildman–Crippen LogP) is 3.25. The Bertz CT molecular complexity index is 374. The van der Waals surface area contributed by atoms with Gasteiger partial charge in [-0.15, -0.1) is 0 Å². The summed E-state index contributed by atoms with van der Waals surface area (Å²) in [6.45, 7) is 1.87. The summed E-state index contributed by atoms with van der Waals surface area (Å²) in [5.41, 5.74) is 1.70. The summed E-state index contributed by atoms with van der Waals surface area (Å²) in [6.07, 6.45) is 1.37. The van der Waals surface area contributed by atoms with Gasteiger partial charge < -0.3 is 5.32 Å². The van der Waals surface area contributed by atoms with Crippen molar-refractivity contribution in [1.29, 1.82) is 0 Å². The molecular formula is C10H11ClF2N2. The maximum Gasteiger partial charge on any atom is 0.252 e. The van der Waals surface area contributed by atoms with Crippen molar-refractivity contribution in [2.24, 2.45) is 0 Å². The summed E-state index contributed by atoms with van der Waals surface area (Å²) in [5.74, 6) is -2.49. The Morgan fingerprint density at radius 3 is 2.73 bits per heavy atom. The number of pyridine rings is 1. The lowest BCUT2D eigenvalue weighted by Gasteiger charge is -2.36. The number of hydrogen-bond donors (Lipinski definition) is 1. The third-order valence-corrected chi connectivity index (χ3v) is 2.73. The summed E-state index contributed by atoms with van der Waals surface area (Å²) < 4.78 is 25.2. The summed E-state index contributed by atoms with van der Waals surface area (Å²) in [5, 5.41) is 3.44. The van der Waals surface area contributed by atoms with Crippen molar-refractivity contribution in [2.75, 3.05) is 5.32 Å². The second-order valence-electron chi connectivity index (χ2n) is 3.93. The van der Waals surface area contributed by atoms with E-state index in [4.69, 9.17) is 11.6 Å². The molecule has 1 aromatic heterocycles. The molecule has 0 aromatic carbocycles. The third kappa shape index (κ3) is 2.37. The molecule has 1 heterocycles. The molecule has 1 aromatic rings. The van der Waals surface area contributed by atoms with Gasteiger partial charge in [0.1, 0.15) is 5.15 Å². The first-order valence-electron chi connectivity index (χ1n) is 4.73. The van der Waals surface area contributed by atoms with Gasteiger partial charge in [0.15, 0.2) is 0 Å². The van der Waals surface area contributed by atoms with E-state index in [0.29, 0.717) is 5.15 Å². The number of alkyl halides is 2. The van der Waals surface area contributed by atoms with Gasteiger partial charge >= 0.3 is 0 Å². The maximum atomic E-state index is 12.6. The van der Waals surface area contributed by atoms with Gasteiger partial charge in [0, 0.05) is 18.9 Å². The van der Waals surface area contributed by atoms with Crippen LogP contribution in [0.5, 0.6) is 0 Å². The monoisotopic (exact) mass is 232 g/mol. The van der Waals surface area contributed by atoms with Crippen LogP contribution < -0.4 is 5.32 Å². The van der Waals surface area contributed by atoms with Crippen LogP contribution >= 0.6 is 11.6 Å². The summed E-state index contributed by atoms with van der Waals surface area (Å²) in [7, 11) is 0. The molecular weight excluding hydrogens is 222 g/mol.